The molecule has 0 spiro atoms. The summed E-state index contributed by atoms with van der Waals surface area (Å²) in [5.41, 5.74) is 3.88. The van der Waals surface area contributed by atoms with Crippen LogP contribution in [0.2, 0.25) is 0 Å². The van der Waals surface area contributed by atoms with E-state index in [2.05, 4.69) is 11.9 Å². The molecule has 1 N–H and O–H groups in total. The normalized spacial score (nSPS) is 11.1. The van der Waals surface area contributed by atoms with Gasteiger partial charge in [0.2, 0.25) is 0 Å². The highest BCUT2D eigenvalue weighted by Crippen LogP contribution is 2.38. The lowest BCUT2D eigenvalue weighted by molar-refractivity contribution is 0.415. The van der Waals surface area contributed by atoms with E-state index in [1.807, 2.05) is 55.5 Å². The molecule has 0 unspecified atom stereocenters. The van der Waals surface area contributed by atoms with E-state index in [-0.39, 0.29) is 5.56 Å². The summed E-state index contributed by atoms with van der Waals surface area (Å²) in [6, 6.07) is 15.8. The molecule has 136 valence electrons. The van der Waals surface area contributed by atoms with Crippen molar-refractivity contribution < 1.29 is 4.74 Å². The number of aromatic amines is 1. The largest absolute Gasteiger partial charge is 0.497 e. The van der Waals surface area contributed by atoms with Crippen molar-refractivity contribution >= 4 is 21.6 Å². The third-order valence-corrected chi connectivity index (χ3v) is 5.83. The third-order valence-electron chi connectivity index (χ3n) is 4.61. The van der Waals surface area contributed by atoms with E-state index in [0.29, 0.717) is 11.2 Å². The van der Waals surface area contributed by atoms with Crippen LogP contribution in [0.25, 0.3) is 32.7 Å². The highest BCUT2D eigenvalue weighted by molar-refractivity contribution is 7.19. The number of rotatable bonds is 4. The first-order chi connectivity index (χ1) is 13.1. The molecule has 5 heteroatoms. The van der Waals surface area contributed by atoms with Crippen molar-refractivity contribution in [3.63, 3.8) is 0 Å². The quantitative estimate of drug-likeness (QED) is 0.533. The van der Waals surface area contributed by atoms with E-state index in [1.165, 1.54) is 0 Å². The van der Waals surface area contributed by atoms with Gasteiger partial charge >= 0.3 is 0 Å². The zero-order valence-corrected chi connectivity index (χ0v) is 16.3. The van der Waals surface area contributed by atoms with Crippen LogP contribution in [0.3, 0.4) is 0 Å². The minimum absolute atomic E-state index is 0.106. The summed E-state index contributed by atoms with van der Waals surface area (Å²) < 4.78 is 5.36. The summed E-state index contributed by atoms with van der Waals surface area (Å²) in [5, 5.41) is 0.654. The average molecular weight is 376 g/mol. The van der Waals surface area contributed by atoms with Crippen molar-refractivity contribution in [1.29, 1.82) is 0 Å². The van der Waals surface area contributed by atoms with Gasteiger partial charge in [0, 0.05) is 16.0 Å². The molecule has 0 fully saturated rings. The van der Waals surface area contributed by atoms with E-state index < -0.39 is 0 Å². The van der Waals surface area contributed by atoms with Gasteiger partial charge in [-0.25, -0.2) is 4.98 Å². The maximum atomic E-state index is 13.0. The molecule has 2 heterocycles. The monoisotopic (exact) mass is 376 g/mol. The van der Waals surface area contributed by atoms with E-state index in [9.17, 15) is 4.79 Å². The lowest BCUT2D eigenvalue weighted by Crippen LogP contribution is -2.09. The molecule has 0 radical (unpaired) electrons. The van der Waals surface area contributed by atoms with Crippen molar-refractivity contribution in [3.8, 4) is 28.3 Å². The van der Waals surface area contributed by atoms with E-state index in [0.717, 1.165) is 44.1 Å². The fourth-order valence-electron chi connectivity index (χ4n) is 3.32. The van der Waals surface area contributed by atoms with Gasteiger partial charge in [-0.05, 0) is 37.1 Å². The Bertz CT molecular complexity index is 1190. The maximum absolute atomic E-state index is 13.0. The van der Waals surface area contributed by atoms with Crippen molar-refractivity contribution in [2.24, 2.45) is 0 Å². The van der Waals surface area contributed by atoms with E-state index in [1.54, 1.807) is 18.4 Å². The highest BCUT2D eigenvalue weighted by atomic mass is 32.1. The van der Waals surface area contributed by atoms with Crippen LogP contribution in [0.5, 0.6) is 5.75 Å². The van der Waals surface area contributed by atoms with Crippen LogP contribution < -0.4 is 10.3 Å². The SMILES string of the molecule is CCc1sc2nc(-c3cccc(C)c3)[nH]c(=O)c2c1-c1cccc(OC)c1. The third kappa shape index (κ3) is 3.15. The number of benzene rings is 2. The molecule has 4 nitrogen and oxygen atoms in total. The summed E-state index contributed by atoms with van der Waals surface area (Å²) in [5.74, 6) is 1.38. The van der Waals surface area contributed by atoms with Gasteiger partial charge in [-0.2, -0.15) is 0 Å². The average Bonchev–Trinajstić information content (AvgIpc) is 3.07. The second-order valence-corrected chi connectivity index (χ2v) is 7.53. The molecule has 0 bridgehead atoms. The summed E-state index contributed by atoms with van der Waals surface area (Å²) in [7, 11) is 1.65. The molecular weight excluding hydrogens is 356 g/mol. The Kier molecular flexibility index (Phi) is 4.54. The Morgan fingerprint density at radius 3 is 2.63 bits per heavy atom. The van der Waals surface area contributed by atoms with E-state index >= 15 is 0 Å². The molecule has 0 aliphatic carbocycles. The van der Waals surface area contributed by atoms with Gasteiger partial charge in [-0.3, -0.25) is 4.79 Å². The molecule has 4 rings (SSSR count). The topological polar surface area (TPSA) is 55.0 Å². The number of hydrogen-bond acceptors (Lipinski definition) is 4. The van der Waals surface area contributed by atoms with Crippen molar-refractivity contribution in [2.75, 3.05) is 7.11 Å². The molecule has 0 saturated carbocycles. The van der Waals surface area contributed by atoms with Crippen LogP contribution in [0.15, 0.2) is 53.3 Å². The van der Waals surface area contributed by atoms with Gasteiger partial charge < -0.3 is 9.72 Å². The smallest absolute Gasteiger partial charge is 0.260 e. The number of ether oxygens (including phenoxy) is 1. The second-order valence-electron chi connectivity index (χ2n) is 6.45. The number of nitrogens with one attached hydrogen (secondary N) is 1. The first kappa shape index (κ1) is 17.5. The number of thiophene rings is 1. The molecule has 0 amide bonds. The molecule has 4 aromatic rings. The zero-order valence-electron chi connectivity index (χ0n) is 15.5. The number of H-pyrrole nitrogens is 1. The molecule has 0 saturated heterocycles. The van der Waals surface area contributed by atoms with Gasteiger partial charge in [0.1, 0.15) is 16.4 Å². The molecule has 0 atom stereocenters. The molecule has 2 aromatic carbocycles. The summed E-state index contributed by atoms with van der Waals surface area (Å²) in [6.45, 7) is 4.13. The van der Waals surface area contributed by atoms with Gasteiger partial charge in [0.15, 0.2) is 0 Å². The second kappa shape index (κ2) is 7.00. The summed E-state index contributed by atoms with van der Waals surface area (Å²) in [4.78, 5) is 22.7. The standard InChI is InChI=1S/C22H20N2O2S/c1-4-17-18(14-8-6-10-16(12-14)26-3)19-21(25)23-20(24-22(19)27-17)15-9-5-7-13(2)11-15/h5-12H,4H2,1-3H3,(H,23,24,25). The van der Waals surface area contributed by atoms with Gasteiger partial charge in [0.05, 0.1) is 12.5 Å². The minimum Gasteiger partial charge on any atom is -0.497 e. The molecule has 0 aliphatic heterocycles. The Hall–Kier alpha value is -2.92. The van der Waals surface area contributed by atoms with Gasteiger partial charge in [-0.1, -0.05) is 42.8 Å². The first-order valence-corrected chi connectivity index (χ1v) is 9.69. The molecule has 0 aliphatic rings. The Balaban J connectivity index is 1.97. The lowest BCUT2D eigenvalue weighted by Gasteiger charge is -2.06. The maximum Gasteiger partial charge on any atom is 0.260 e. The number of hydrogen-bond donors (Lipinski definition) is 1. The predicted octanol–water partition coefficient (Wildman–Crippen LogP) is 5.20. The van der Waals surface area contributed by atoms with Crippen LogP contribution in [-0.4, -0.2) is 17.1 Å². The number of nitrogens with zero attached hydrogens (tertiary/aromatic N) is 1. The molecule has 27 heavy (non-hydrogen) atoms. The number of methoxy groups -OCH3 is 1. The van der Waals surface area contributed by atoms with Crippen LogP contribution >= 0.6 is 11.3 Å². The fraction of sp³-hybridized carbons (Fsp3) is 0.182. The molecular formula is C22H20N2O2S. The van der Waals surface area contributed by atoms with Crippen molar-refractivity contribution in [3.05, 3.63) is 69.3 Å². The Morgan fingerprint density at radius 2 is 1.89 bits per heavy atom. The van der Waals surface area contributed by atoms with Crippen molar-refractivity contribution in [1.82, 2.24) is 9.97 Å². The van der Waals surface area contributed by atoms with Crippen LogP contribution in [0, 0.1) is 6.92 Å². The van der Waals surface area contributed by atoms with Gasteiger partial charge in [-0.15, -0.1) is 11.3 Å². The van der Waals surface area contributed by atoms with Crippen LogP contribution in [-0.2, 0) is 6.42 Å². The van der Waals surface area contributed by atoms with Crippen LogP contribution in [0.4, 0.5) is 0 Å². The highest BCUT2D eigenvalue weighted by Gasteiger charge is 2.18. The Morgan fingerprint density at radius 1 is 1.11 bits per heavy atom. The molecule has 2 aromatic heterocycles. The zero-order chi connectivity index (χ0) is 19.0. The number of fused-ring (bicyclic) bond motifs is 1. The minimum atomic E-state index is -0.106. The number of aromatic nitrogens is 2. The Labute approximate surface area is 161 Å². The van der Waals surface area contributed by atoms with Gasteiger partial charge in [0.25, 0.3) is 5.56 Å². The lowest BCUT2D eigenvalue weighted by atomic mass is 10.0. The first-order valence-electron chi connectivity index (χ1n) is 8.88. The fourth-order valence-corrected chi connectivity index (χ4v) is 4.45. The predicted molar refractivity (Wildman–Crippen MR) is 112 cm³/mol. The van der Waals surface area contributed by atoms with Crippen LogP contribution in [0.1, 0.15) is 17.4 Å². The summed E-state index contributed by atoms with van der Waals surface area (Å²) >= 11 is 1.59. The number of aryl methyl sites for hydroxylation is 2. The summed E-state index contributed by atoms with van der Waals surface area (Å²) in [6.07, 6.45) is 0.840. The van der Waals surface area contributed by atoms with E-state index in [4.69, 9.17) is 9.72 Å². The van der Waals surface area contributed by atoms with Crippen molar-refractivity contribution in [2.45, 2.75) is 20.3 Å².